The van der Waals surface area contributed by atoms with Gasteiger partial charge in [0.15, 0.2) is 11.5 Å². The predicted molar refractivity (Wildman–Crippen MR) is 158 cm³/mol. The fourth-order valence-corrected chi connectivity index (χ4v) is 5.47. The van der Waals surface area contributed by atoms with Gasteiger partial charge in [0.2, 0.25) is 0 Å². The lowest BCUT2D eigenvalue weighted by Crippen LogP contribution is -2.12. The number of imidazole rings is 1. The van der Waals surface area contributed by atoms with E-state index in [1.165, 1.54) is 22.4 Å². The minimum Gasteiger partial charge on any atom is -0.455 e. The van der Waals surface area contributed by atoms with Crippen LogP contribution in [0.2, 0.25) is 0 Å². The summed E-state index contributed by atoms with van der Waals surface area (Å²) in [5.74, 6) is 1.54. The first kappa shape index (κ1) is 24.4. The normalized spacial score (nSPS) is 12.6. The minimum atomic E-state index is -0.0341. The Kier molecular flexibility index (Phi) is 5.68. The molecule has 3 aromatic carbocycles. The van der Waals surface area contributed by atoms with Crippen molar-refractivity contribution in [1.29, 1.82) is 0 Å². The lowest BCUT2D eigenvalue weighted by molar-refractivity contribution is 0.588. The fraction of sp³-hybridized carbons (Fsp3) is 0.294. The Bertz CT molecular complexity index is 1790. The number of hydrogen-bond acceptors (Lipinski definition) is 3. The van der Waals surface area contributed by atoms with Gasteiger partial charge in [0, 0.05) is 17.0 Å². The van der Waals surface area contributed by atoms with Gasteiger partial charge in [0.1, 0.15) is 11.2 Å². The van der Waals surface area contributed by atoms with Crippen molar-refractivity contribution in [2.45, 2.75) is 65.7 Å². The standard InChI is InChI=1S/C34H35N3O/c1-20(2)23-13-10-14-24(21(3)4)30(23)37-28-18-22(34(5,6)7)19-35-32(28)36-33(37)27-16-11-15-26-25-12-8-9-17-29(25)38-31(26)27/h8-21H,1-7H3. The van der Waals surface area contributed by atoms with Crippen molar-refractivity contribution in [3.63, 3.8) is 0 Å². The molecule has 0 fully saturated rings. The quantitative estimate of drug-likeness (QED) is 0.241. The van der Waals surface area contributed by atoms with E-state index in [1.54, 1.807) is 0 Å². The number of nitrogens with zero attached hydrogens (tertiary/aromatic N) is 3. The third kappa shape index (κ3) is 3.82. The number of benzene rings is 3. The summed E-state index contributed by atoms with van der Waals surface area (Å²) in [6.07, 6.45) is 1.98. The average Bonchev–Trinajstić information content (AvgIpc) is 3.45. The molecule has 4 nitrogen and oxygen atoms in total. The van der Waals surface area contributed by atoms with Crippen LogP contribution in [0.3, 0.4) is 0 Å². The Balaban J connectivity index is 1.79. The summed E-state index contributed by atoms with van der Waals surface area (Å²) in [6.45, 7) is 15.7. The molecule has 3 heterocycles. The number of furan rings is 1. The molecule has 0 atom stereocenters. The Morgan fingerprint density at radius 2 is 1.45 bits per heavy atom. The van der Waals surface area contributed by atoms with Crippen LogP contribution in [-0.4, -0.2) is 14.5 Å². The molecule has 38 heavy (non-hydrogen) atoms. The molecule has 0 aliphatic rings. The highest BCUT2D eigenvalue weighted by Gasteiger charge is 2.26. The molecule has 0 spiro atoms. The van der Waals surface area contributed by atoms with Gasteiger partial charge >= 0.3 is 0 Å². The largest absolute Gasteiger partial charge is 0.455 e. The molecule has 0 aliphatic heterocycles. The van der Waals surface area contributed by atoms with Crippen LogP contribution in [0.5, 0.6) is 0 Å². The zero-order valence-corrected chi connectivity index (χ0v) is 23.3. The third-order valence-electron chi connectivity index (χ3n) is 7.59. The van der Waals surface area contributed by atoms with Crippen LogP contribution in [0.25, 0.3) is 50.2 Å². The van der Waals surface area contributed by atoms with E-state index in [2.05, 4.69) is 108 Å². The first-order chi connectivity index (χ1) is 18.1. The molecule has 0 N–H and O–H groups in total. The van der Waals surface area contributed by atoms with Gasteiger partial charge in [-0.15, -0.1) is 0 Å². The van der Waals surface area contributed by atoms with Gasteiger partial charge in [0.05, 0.1) is 16.8 Å². The molecule has 0 bridgehead atoms. The van der Waals surface area contributed by atoms with Crippen molar-refractivity contribution in [3.8, 4) is 17.1 Å². The van der Waals surface area contributed by atoms with Gasteiger partial charge in [-0.05, 0) is 52.1 Å². The van der Waals surface area contributed by atoms with Crippen LogP contribution in [0.15, 0.2) is 77.3 Å². The number of hydrogen-bond donors (Lipinski definition) is 0. The van der Waals surface area contributed by atoms with Gasteiger partial charge in [-0.1, -0.05) is 97.0 Å². The summed E-state index contributed by atoms with van der Waals surface area (Å²) in [7, 11) is 0. The maximum Gasteiger partial charge on any atom is 0.178 e. The van der Waals surface area contributed by atoms with E-state index in [1.807, 2.05) is 18.3 Å². The third-order valence-corrected chi connectivity index (χ3v) is 7.59. The molecule has 0 radical (unpaired) electrons. The van der Waals surface area contributed by atoms with Crippen molar-refractivity contribution in [1.82, 2.24) is 14.5 Å². The van der Waals surface area contributed by atoms with Crippen molar-refractivity contribution in [2.24, 2.45) is 0 Å². The summed E-state index contributed by atoms with van der Waals surface area (Å²) in [6, 6.07) is 23.6. The van der Waals surface area contributed by atoms with Crippen molar-refractivity contribution in [3.05, 3.63) is 89.6 Å². The summed E-state index contributed by atoms with van der Waals surface area (Å²) < 4.78 is 8.84. The van der Waals surface area contributed by atoms with E-state index in [-0.39, 0.29) is 5.41 Å². The zero-order valence-electron chi connectivity index (χ0n) is 23.3. The first-order valence-electron chi connectivity index (χ1n) is 13.6. The Morgan fingerprint density at radius 1 is 0.789 bits per heavy atom. The summed E-state index contributed by atoms with van der Waals surface area (Å²) in [5.41, 5.74) is 9.44. The smallest absolute Gasteiger partial charge is 0.178 e. The molecule has 3 aromatic heterocycles. The van der Waals surface area contributed by atoms with E-state index in [9.17, 15) is 0 Å². The van der Waals surface area contributed by atoms with Gasteiger partial charge in [-0.3, -0.25) is 4.57 Å². The van der Waals surface area contributed by atoms with Crippen molar-refractivity contribution in [2.75, 3.05) is 0 Å². The molecule has 192 valence electrons. The average molecular weight is 502 g/mol. The number of aromatic nitrogens is 3. The van der Waals surface area contributed by atoms with Crippen LogP contribution < -0.4 is 0 Å². The summed E-state index contributed by atoms with van der Waals surface area (Å²) >= 11 is 0. The molecule has 6 rings (SSSR count). The molecular weight excluding hydrogens is 466 g/mol. The van der Waals surface area contributed by atoms with Crippen LogP contribution >= 0.6 is 0 Å². The van der Waals surface area contributed by atoms with E-state index < -0.39 is 0 Å². The van der Waals surface area contributed by atoms with Crippen LogP contribution in [0, 0.1) is 0 Å². The predicted octanol–water partition coefficient (Wildman–Crippen LogP) is 9.53. The monoisotopic (exact) mass is 501 g/mol. The van der Waals surface area contributed by atoms with E-state index >= 15 is 0 Å². The second-order valence-corrected chi connectivity index (χ2v) is 12.0. The number of fused-ring (bicyclic) bond motifs is 4. The molecule has 0 saturated heterocycles. The maximum absolute atomic E-state index is 6.48. The van der Waals surface area contributed by atoms with Crippen molar-refractivity contribution < 1.29 is 4.42 Å². The summed E-state index contributed by atoms with van der Waals surface area (Å²) in [5, 5.41) is 2.21. The second-order valence-electron chi connectivity index (χ2n) is 12.0. The minimum absolute atomic E-state index is 0.0341. The molecule has 6 aromatic rings. The molecule has 0 saturated carbocycles. The fourth-order valence-electron chi connectivity index (χ4n) is 5.47. The lowest BCUT2D eigenvalue weighted by atomic mass is 9.88. The van der Waals surface area contributed by atoms with Gasteiger partial charge in [0.25, 0.3) is 0 Å². The highest BCUT2D eigenvalue weighted by molar-refractivity contribution is 6.09. The highest BCUT2D eigenvalue weighted by atomic mass is 16.3. The Labute approximate surface area is 224 Å². The molecule has 0 unspecified atom stereocenters. The maximum atomic E-state index is 6.48. The molecule has 0 aliphatic carbocycles. The van der Waals surface area contributed by atoms with Crippen LogP contribution in [-0.2, 0) is 5.41 Å². The SMILES string of the molecule is CC(C)c1cccc(C(C)C)c1-n1c(-c2cccc3c2oc2ccccc23)nc2ncc(C(C)(C)C)cc21. The number of para-hydroxylation sites is 3. The van der Waals surface area contributed by atoms with Gasteiger partial charge in [-0.25, -0.2) is 9.97 Å². The molecule has 0 amide bonds. The van der Waals surface area contributed by atoms with Gasteiger partial charge in [-0.2, -0.15) is 0 Å². The second kappa shape index (κ2) is 8.83. The van der Waals surface area contributed by atoms with E-state index in [0.29, 0.717) is 11.8 Å². The molecular formula is C34H35N3O. The highest BCUT2D eigenvalue weighted by Crippen LogP contribution is 2.41. The molecule has 4 heteroatoms. The van der Waals surface area contributed by atoms with Crippen molar-refractivity contribution >= 4 is 33.1 Å². The number of rotatable bonds is 4. The van der Waals surface area contributed by atoms with Crippen LogP contribution in [0.1, 0.15) is 77.0 Å². The lowest BCUT2D eigenvalue weighted by Gasteiger charge is -2.23. The Morgan fingerprint density at radius 3 is 2.13 bits per heavy atom. The Hall–Kier alpha value is -3.92. The topological polar surface area (TPSA) is 43.9 Å². The zero-order chi connectivity index (χ0) is 26.8. The van der Waals surface area contributed by atoms with Gasteiger partial charge < -0.3 is 4.42 Å². The summed E-state index contributed by atoms with van der Waals surface area (Å²) in [4.78, 5) is 10.1. The van der Waals surface area contributed by atoms with Crippen LogP contribution in [0.4, 0.5) is 0 Å². The first-order valence-corrected chi connectivity index (χ1v) is 13.6. The van der Waals surface area contributed by atoms with E-state index in [0.717, 1.165) is 44.5 Å². The van der Waals surface area contributed by atoms with E-state index in [4.69, 9.17) is 14.4 Å². The number of pyridine rings is 1.